The Bertz CT molecular complexity index is 986. The average Bonchev–Trinajstić information content (AvgIpc) is 3.38. The van der Waals surface area contributed by atoms with Gasteiger partial charge in [0.1, 0.15) is 15.7 Å². The fourth-order valence-electron chi connectivity index (χ4n) is 2.48. The molecule has 4 nitrogen and oxygen atoms in total. The molecular weight excluding hydrogens is 370 g/mol. The van der Waals surface area contributed by atoms with Crippen LogP contribution in [0.15, 0.2) is 46.5 Å². The van der Waals surface area contributed by atoms with Crippen molar-refractivity contribution < 1.29 is 4.79 Å². The van der Waals surface area contributed by atoms with Gasteiger partial charge in [0.05, 0.1) is 16.3 Å². The molecule has 7 heteroatoms. The van der Waals surface area contributed by atoms with E-state index >= 15 is 0 Å². The van der Waals surface area contributed by atoms with Crippen LogP contribution >= 0.6 is 34.0 Å². The smallest absolute Gasteiger partial charge is 0.273 e. The number of benzene rings is 1. The van der Waals surface area contributed by atoms with E-state index in [9.17, 15) is 4.79 Å². The van der Waals surface area contributed by atoms with Crippen LogP contribution in [0.4, 0.5) is 0 Å². The fourth-order valence-corrected chi connectivity index (χ4v) is 5.05. The van der Waals surface area contributed by atoms with E-state index in [-0.39, 0.29) is 11.9 Å². The zero-order valence-electron chi connectivity index (χ0n) is 13.7. The zero-order chi connectivity index (χ0) is 17.4. The van der Waals surface area contributed by atoms with Crippen molar-refractivity contribution in [3.05, 3.63) is 57.2 Å². The molecule has 0 radical (unpaired) electrons. The van der Waals surface area contributed by atoms with Gasteiger partial charge in [-0.25, -0.2) is 9.97 Å². The van der Waals surface area contributed by atoms with Gasteiger partial charge >= 0.3 is 0 Å². The predicted molar refractivity (Wildman–Crippen MR) is 106 cm³/mol. The Labute approximate surface area is 157 Å². The molecular formula is C18H15N3OS3. The van der Waals surface area contributed by atoms with Crippen molar-refractivity contribution in [3.63, 3.8) is 0 Å². The van der Waals surface area contributed by atoms with E-state index in [1.807, 2.05) is 54.4 Å². The summed E-state index contributed by atoms with van der Waals surface area (Å²) in [7, 11) is 1.81. The number of hydrogen-bond acceptors (Lipinski definition) is 6. The first-order valence-electron chi connectivity index (χ1n) is 7.74. The molecule has 0 bridgehead atoms. The summed E-state index contributed by atoms with van der Waals surface area (Å²) in [4.78, 5) is 23.7. The number of amides is 1. The summed E-state index contributed by atoms with van der Waals surface area (Å²) in [5.74, 6) is -0.0792. The second-order valence-corrected chi connectivity index (χ2v) is 8.36. The van der Waals surface area contributed by atoms with Gasteiger partial charge in [-0.15, -0.1) is 22.7 Å². The van der Waals surface area contributed by atoms with E-state index in [0.717, 1.165) is 25.8 Å². The predicted octanol–water partition coefficient (Wildman–Crippen LogP) is 5.31. The Morgan fingerprint density at radius 3 is 2.76 bits per heavy atom. The van der Waals surface area contributed by atoms with Crippen molar-refractivity contribution >= 4 is 50.1 Å². The third-order valence-electron chi connectivity index (χ3n) is 4.06. The summed E-state index contributed by atoms with van der Waals surface area (Å²) < 4.78 is 1.14. The van der Waals surface area contributed by atoms with Crippen LogP contribution in [-0.2, 0) is 0 Å². The van der Waals surface area contributed by atoms with Gasteiger partial charge in [0.25, 0.3) is 5.91 Å². The van der Waals surface area contributed by atoms with Gasteiger partial charge in [-0.05, 0) is 30.5 Å². The number of aromatic nitrogens is 2. The van der Waals surface area contributed by atoms with E-state index < -0.39 is 0 Å². The number of rotatable bonds is 4. The normalized spacial score (nSPS) is 12.4. The van der Waals surface area contributed by atoms with Gasteiger partial charge in [0, 0.05) is 23.4 Å². The minimum absolute atomic E-state index is 0.0792. The first-order chi connectivity index (χ1) is 12.1. The first kappa shape index (κ1) is 16.4. The van der Waals surface area contributed by atoms with Crippen LogP contribution < -0.4 is 0 Å². The van der Waals surface area contributed by atoms with E-state index in [0.29, 0.717) is 5.69 Å². The molecule has 0 aliphatic heterocycles. The molecule has 3 heterocycles. The lowest BCUT2D eigenvalue weighted by Crippen LogP contribution is -2.29. The maximum atomic E-state index is 12.8. The summed E-state index contributed by atoms with van der Waals surface area (Å²) in [6, 6.07) is 9.95. The van der Waals surface area contributed by atoms with Crippen molar-refractivity contribution in [2.45, 2.75) is 13.0 Å². The zero-order valence-corrected chi connectivity index (χ0v) is 16.1. The van der Waals surface area contributed by atoms with Crippen LogP contribution in [0.3, 0.4) is 0 Å². The average molecular weight is 386 g/mol. The Morgan fingerprint density at radius 1 is 1.16 bits per heavy atom. The van der Waals surface area contributed by atoms with Crippen LogP contribution in [0, 0.1) is 0 Å². The topological polar surface area (TPSA) is 46.1 Å². The first-order valence-corrected chi connectivity index (χ1v) is 10.4. The van der Waals surface area contributed by atoms with E-state index in [1.165, 1.54) is 11.3 Å². The number of carbonyl (C=O) groups is 1. The summed E-state index contributed by atoms with van der Waals surface area (Å²) in [6.45, 7) is 2.00. The number of carbonyl (C=O) groups excluding carboxylic acids is 1. The molecule has 25 heavy (non-hydrogen) atoms. The summed E-state index contributed by atoms with van der Waals surface area (Å²) in [5.41, 5.74) is 2.53. The van der Waals surface area contributed by atoms with Crippen LogP contribution in [0.25, 0.3) is 20.8 Å². The Hall–Kier alpha value is -2.09. The second-order valence-electron chi connectivity index (χ2n) is 5.66. The maximum Gasteiger partial charge on any atom is 0.273 e. The van der Waals surface area contributed by atoms with E-state index in [4.69, 9.17) is 0 Å². The van der Waals surface area contributed by atoms with E-state index in [2.05, 4.69) is 16.0 Å². The van der Waals surface area contributed by atoms with Crippen LogP contribution in [0.2, 0.25) is 0 Å². The number of thiazole rings is 2. The molecule has 0 N–H and O–H groups in total. The van der Waals surface area contributed by atoms with Crippen molar-refractivity contribution in [3.8, 4) is 10.6 Å². The lowest BCUT2D eigenvalue weighted by atomic mass is 10.3. The third kappa shape index (κ3) is 3.10. The molecule has 1 unspecified atom stereocenters. The highest BCUT2D eigenvalue weighted by atomic mass is 32.1. The van der Waals surface area contributed by atoms with Gasteiger partial charge in [-0.3, -0.25) is 4.79 Å². The van der Waals surface area contributed by atoms with Gasteiger partial charge in [-0.1, -0.05) is 12.1 Å². The fraction of sp³-hybridized carbons (Fsp3) is 0.167. The Balaban J connectivity index is 1.57. The molecule has 1 atom stereocenters. The minimum atomic E-state index is -0.101. The molecule has 126 valence electrons. The molecule has 0 aliphatic carbocycles. The summed E-state index contributed by atoms with van der Waals surface area (Å²) >= 11 is 4.75. The maximum absolute atomic E-state index is 12.8. The lowest BCUT2D eigenvalue weighted by Gasteiger charge is -2.22. The number of fused-ring (bicyclic) bond motifs is 1. The summed E-state index contributed by atoms with van der Waals surface area (Å²) in [6.07, 6.45) is 0. The molecule has 0 fully saturated rings. The highest BCUT2D eigenvalue weighted by molar-refractivity contribution is 7.18. The van der Waals surface area contributed by atoms with Gasteiger partial charge in [0.2, 0.25) is 0 Å². The summed E-state index contributed by atoms with van der Waals surface area (Å²) in [5, 5.41) is 7.70. The molecule has 4 aromatic rings. The second kappa shape index (κ2) is 6.67. The molecule has 4 rings (SSSR count). The Kier molecular flexibility index (Phi) is 4.37. The van der Waals surface area contributed by atoms with Gasteiger partial charge < -0.3 is 4.90 Å². The van der Waals surface area contributed by atoms with Gasteiger partial charge in [0.15, 0.2) is 0 Å². The molecule has 1 amide bonds. The number of nitrogens with zero attached hydrogens (tertiary/aromatic N) is 3. The van der Waals surface area contributed by atoms with Crippen LogP contribution in [0.5, 0.6) is 0 Å². The minimum Gasteiger partial charge on any atom is -0.331 e. The SMILES string of the molecule is CC(c1nc2ccccc2s1)N(C)C(=O)c1csc(-c2ccsc2)n1. The van der Waals surface area contributed by atoms with E-state index in [1.54, 1.807) is 27.6 Å². The van der Waals surface area contributed by atoms with Gasteiger partial charge in [-0.2, -0.15) is 11.3 Å². The van der Waals surface area contributed by atoms with Crippen LogP contribution in [-0.4, -0.2) is 27.8 Å². The monoisotopic (exact) mass is 385 g/mol. The number of hydrogen-bond donors (Lipinski definition) is 0. The Morgan fingerprint density at radius 2 is 2.00 bits per heavy atom. The molecule has 0 spiro atoms. The molecule has 0 aliphatic rings. The molecule has 1 aromatic carbocycles. The highest BCUT2D eigenvalue weighted by Crippen LogP contribution is 2.30. The number of para-hydroxylation sites is 1. The van der Waals surface area contributed by atoms with Crippen molar-refractivity contribution in [1.82, 2.24) is 14.9 Å². The number of thiophene rings is 1. The standard InChI is InChI=1S/C18H15N3OS3/c1-11(16-19-13-5-3-4-6-15(13)25-16)21(2)18(22)14-10-24-17(20-14)12-7-8-23-9-12/h3-11H,1-2H3. The largest absolute Gasteiger partial charge is 0.331 e. The highest BCUT2D eigenvalue weighted by Gasteiger charge is 2.23. The van der Waals surface area contributed by atoms with Crippen LogP contribution in [0.1, 0.15) is 28.5 Å². The molecule has 0 saturated heterocycles. The molecule has 3 aromatic heterocycles. The quantitative estimate of drug-likeness (QED) is 0.478. The molecule has 0 saturated carbocycles. The third-order valence-corrected chi connectivity index (χ3v) is 6.84. The van der Waals surface area contributed by atoms with Crippen molar-refractivity contribution in [2.24, 2.45) is 0 Å². The lowest BCUT2D eigenvalue weighted by molar-refractivity contribution is 0.0737. The van der Waals surface area contributed by atoms with Crippen molar-refractivity contribution in [1.29, 1.82) is 0 Å². The van der Waals surface area contributed by atoms with Crippen molar-refractivity contribution in [2.75, 3.05) is 7.05 Å².